The van der Waals surface area contributed by atoms with Crippen molar-refractivity contribution in [2.45, 2.75) is 0 Å². The monoisotopic (exact) mass is 273 g/mol. The predicted octanol–water partition coefficient (Wildman–Crippen LogP) is 3.78. The van der Waals surface area contributed by atoms with Crippen molar-refractivity contribution in [1.82, 2.24) is 5.32 Å². The lowest BCUT2D eigenvalue weighted by atomic mass is 9.96. The van der Waals surface area contributed by atoms with Gasteiger partial charge >= 0.3 is 0 Å². The van der Waals surface area contributed by atoms with Gasteiger partial charge < -0.3 is 5.32 Å². The molecule has 0 saturated carbocycles. The number of carbonyl (C=O) groups is 1. The summed E-state index contributed by atoms with van der Waals surface area (Å²) in [5.41, 5.74) is 4.20. The first-order valence-corrected chi connectivity index (χ1v) is 6.85. The van der Waals surface area contributed by atoms with Crippen LogP contribution in [0.3, 0.4) is 0 Å². The molecule has 21 heavy (non-hydrogen) atoms. The minimum atomic E-state index is 0.110. The summed E-state index contributed by atoms with van der Waals surface area (Å²) in [4.78, 5) is 11.5. The van der Waals surface area contributed by atoms with Gasteiger partial charge in [-0.05, 0) is 41.0 Å². The maximum absolute atomic E-state index is 11.5. The lowest BCUT2D eigenvalue weighted by molar-refractivity contribution is -0.110. The zero-order valence-corrected chi connectivity index (χ0v) is 11.5. The zero-order valence-electron chi connectivity index (χ0n) is 11.5. The number of allylic oxidation sites excluding steroid dienone is 9. The SMILES string of the molecule is C1=CC=CNC=C1.O=C1C=CC=C2C1=Cc1ccccc12. The zero-order chi connectivity index (χ0) is 14.5. The van der Waals surface area contributed by atoms with Gasteiger partial charge in [-0.25, -0.2) is 0 Å². The van der Waals surface area contributed by atoms with Gasteiger partial charge in [-0.1, -0.05) is 48.6 Å². The average molecular weight is 273 g/mol. The lowest BCUT2D eigenvalue weighted by Gasteiger charge is -2.06. The Morgan fingerprint density at radius 2 is 1.57 bits per heavy atom. The molecule has 1 aliphatic heterocycles. The second kappa shape index (κ2) is 6.06. The third-order valence-corrected chi connectivity index (χ3v) is 3.34. The first kappa shape index (κ1) is 13.1. The summed E-state index contributed by atoms with van der Waals surface area (Å²) in [5.74, 6) is 0.110. The molecule has 0 radical (unpaired) electrons. The van der Waals surface area contributed by atoms with Crippen molar-refractivity contribution in [3.8, 4) is 0 Å². The molecule has 2 nitrogen and oxygen atoms in total. The molecule has 0 atom stereocenters. The highest BCUT2D eigenvalue weighted by molar-refractivity contribution is 6.23. The van der Waals surface area contributed by atoms with Crippen molar-refractivity contribution >= 4 is 17.4 Å². The van der Waals surface area contributed by atoms with E-state index in [4.69, 9.17) is 0 Å². The summed E-state index contributed by atoms with van der Waals surface area (Å²) in [6.07, 6.45) is 19.0. The summed E-state index contributed by atoms with van der Waals surface area (Å²) in [7, 11) is 0. The Kier molecular flexibility index (Phi) is 3.79. The summed E-state index contributed by atoms with van der Waals surface area (Å²) in [6.45, 7) is 0. The Morgan fingerprint density at radius 1 is 0.810 bits per heavy atom. The van der Waals surface area contributed by atoms with Crippen molar-refractivity contribution in [1.29, 1.82) is 0 Å². The number of ketones is 1. The molecule has 1 N–H and O–H groups in total. The van der Waals surface area contributed by atoms with Crippen molar-refractivity contribution in [3.63, 3.8) is 0 Å². The van der Waals surface area contributed by atoms with Crippen molar-refractivity contribution in [2.75, 3.05) is 0 Å². The van der Waals surface area contributed by atoms with Gasteiger partial charge in [0.25, 0.3) is 0 Å². The minimum Gasteiger partial charge on any atom is -0.368 e. The molecule has 1 heterocycles. The molecule has 3 aliphatic rings. The van der Waals surface area contributed by atoms with Gasteiger partial charge in [-0.15, -0.1) is 0 Å². The molecule has 102 valence electrons. The lowest BCUT2D eigenvalue weighted by Crippen LogP contribution is -2.00. The molecule has 2 heteroatoms. The molecule has 2 aliphatic carbocycles. The van der Waals surface area contributed by atoms with E-state index in [-0.39, 0.29) is 5.78 Å². The molecular weight excluding hydrogens is 258 g/mol. The van der Waals surface area contributed by atoms with Crippen LogP contribution in [-0.2, 0) is 4.79 Å². The number of hydrogen-bond acceptors (Lipinski definition) is 2. The van der Waals surface area contributed by atoms with Gasteiger partial charge in [0.05, 0.1) is 0 Å². The smallest absolute Gasteiger partial charge is 0.186 e. The maximum Gasteiger partial charge on any atom is 0.186 e. The minimum absolute atomic E-state index is 0.110. The van der Waals surface area contributed by atoms with Gasteiger partial charge in [0.2, 0.25) is 0 Å². The van der Waals surface area contributed by atoms with E-state index in [1.165, 1.54) is 5.56 Å². The van der Waals surface area contributed by atoms with Crippen molar-refractivity contribution in [2.24, 2.45) is 0 Å². The fourth-order valence-corrected chi connectivity index (χ4v) is 2.36. The van der Waals surface area contributed by atoms with Crippen LogP contribution in [0.4, 0.5) is 0 Å². The topological polar surface area (TPSA) is 29.1 Å². The Hall–Kier alpha value is -2.87. The van der Waals surface area contributed by atoms with E-state index in [1.807, 2.05) is 73.1 Å². The van der Waals surface area contributed by atoms with Gasteiger partial charge in [0, 0.05) is 18.0 Å². The molecule has 0 saturated heterocycles. The van der Waals surface area contributed by atoms with E-state index in [9.17, 15) is 4.79 Å². The third-order valence-electron chi connectivity index (χ3n) is 3.34. The van der Waals surface area contributed by atoms with E-state index in [0.29, 0.717) is 0 Å². The van der Waals surface area contributed by atoms with Crippen LogP contribution in [0, 0.1) is 0 Å². The van der Waals surface area contributed by atoms with Crippen LogP contribution in [0.15, 0.2) is 84.8 Å². The predicted molar refractivity (Wildman–Crippen MR) is 87.1 cm³/mol. The van der Waals surface area contributed by atoms with Crippen LogP contribution >= 0.6 is 0 Å². The second-order valence-corrected chi connectivity index (χ2v) is 4.72. The van der Waals surface area contributed by atoms with E-state index in [1.54, 1.807) is 6.08 Å². The normalized spacial score (nSPS) is 16.9. The molecule has 1 aromatic carbocycles. The van der Waals surface area contributed by atoms with E-state index < -0.39 is 0 Å². The first-order valence-electron chi connectivity index (χ1n) is 6.85. The van der Waals surface area contributed by atoms with Gasteiger partial charge in [0.15, 0.2) is 5.78 Å². The van der Waals surface area contributed by atoms with Crippen LogP contribution in [0.1, 0.15) is 11.1 Å². The van der Waals surface area contributed by atoms with E-state index in [2.05, 4.69) is 11.4 Å². The van der Waals surface area contributed by atoms with Crippen LogP contribution in [0.25, 0.3) is 11.6 Å². The summed E-state index contributed by atoms with van der Waals surface area (Å²) in [5, 5.41) is 2.92. The van der Waals surface area contributed by atoms with Gasteiger partial charge in [0.1, 0.15) is 0 Å². The average Bonchev–Trinajstić information content (AvgIpc) is 2.70. The van der Waals surface area contributed by atoms with E-state index >= 15 is 0 Å². The molecule has 0 fully saturated rings. The number of hydrogen-bond donors (Lipinski definition) is 1. The Labute approximate surface area is 124 Å². The van der Waals surface area contributed by atoms with Crippen LogP contribution in [-0.4, -0.2) is 5.78 Å². The maximum atomic E-state index is 11.5. The number of carbonyl (C=O) groups excluding carboxylic acids is 1. The molecule has 0 aromatic heterocycles. The largest absolute Gasteiger partial charge is 0.368 e. The number of fused-ring (bicyclic) bond motifs is 3. The molecular formula is C19H15NO. The third kappa shape index (κ3) is 2.84. The number of rotatable bonds is 0. The highest BCUT2D eigenvalue weighted by atomic mass is 16.1. The van der Waals surface area contributed by atoms with Crippen LogP contribution in [0.5, 0.6) is 0 Å². The Balaban J connectivity index is 0.000000160. The molecule has 1 aromatic rings. The standard InChI is InChI=1S/C13H8O.C6H7N/c14-13-7-3-6-11-10-5-2-1-4-9(10)8-12(11)13;1-2-4-6-7-5-3-1/h1-8H;1-7H. The van der Waals surface area contributed by atoms with Crippen LogP contribution < -0.4 is 5.32 Å². The van der Waals surface area contributed by atoms with E-state index in [0.717, 1.165) is 16.7 Å². The molecule has 0 bridgehead atoms. The quantitative estimate of drug-likeness (QED) is 0.779. The molecule has 4 rings (SSSR count). The second-order valence-electron chi connectivity index (χ2n) is 4.72. The van der Waals surface area contributed by atoms with Crippen molar-refractivity contribution in [3.05, 3.63) is 95.9 Å². The fourth-order valence-electron chi connectivity index (χ4n) is 2.36. The Bertz CT molecular complexity index is 729. The molecule has 0 amide bonds. The summed E-state index contributed by atoms with van der Waals surface area (Å²) >= 11 is 0. The molecule has 0 unspecified atom stereocenters. The highest BCUT2D eigenvalue weighted by Crippen LogP contribution is 2.37. The molecule has 0 spiro atoms. The summed E-state index contributed by atoms with van der Waals surface area (Å²) in [6, 6.07) is 8.08. The first-order chi connectivity index (χ1) is 10.4. The Morgan fingerprint density at radius 3 is 2.38 bits per heavy atom. The highest BCUT2D eigenvalue weighted by Gasteiger charge is 2.23. The van der Waals surface area contributed by atoms with Gasteiger partial charge in [-0.3, -0.25) is 4.79 Å². The van der Waals surface area contributed by atoms with Crippen LogP contribution in [0.2, 0.25) is 0 Å². The fraction of sp³-hybridized carbons (Fsp3) is 0. The van der Waals surface area contributed by atoms with Crippen molar-refractivity contribution < 1.29 is 4.79 Å². The summed E-state index contributed by atoms with van der Waals surface area (Å²) < 4.78 is 0. The number of benzene rings is 1. The number of nitrogens with one attached hydrogen (secondary N) is 1. The van der Waals surface area contributed by atoms with Gasteiger partial charge in [-0.2, -0.15) is 0 Å².